The van der Waals surface area contributed by atoms with Gasteiger partial charge in [0.2, 0.25) is 10.0 Å². The van der Waals surface area contributed by atoms with Gasteiger partial charge in [0.1, 0.15) is 5.75 Å². The molecule has 4 heteroatoms. The minimum atomic E-state index is -3.16. The van der Waals surface area contributed by atoms with Gasteiger partial charge in [-0.15, -0.1) is 5.92 Å². The first-order valence-electron chi connectivity index (χ1n) is 3.77. The molecule has 0 aliphatic rings. The summed E-state index contributed by atoms with van der Waals surface area (Å²) in [7, 11) is -1.60. The molecule has 0 saturated heterocycles. The van der Waals surface area contributed by atoms with Gasteiger partial charge in [-0.05, 0) is 20.8 Å². The molecule has 12 heavy (non-hydrogen) atoms. The van der Waals surface area contributed by atoms with Gasteiger partial charge in [0.25, 0.3) is 0 Å². The summed E-state index contributed by atoms with van der Waals surface area (Å²) < 4.78 is 24.0. The van der Waals surface area contributed by atoms with Crippen molar-refractivity contribution >= 4 is 10.0 Å². The van der Waals surface area contributed by atoms with E-state index in [1.54, 1.807) is 14.0 Å². The lowest BCUT2D eigenvalue weighted by atomic mass is 10.4. The molecule has 0 unspecified atom stereocenters. The lowest BCUT2D eigenvalue weighted by molar-refractivity contribution is 0.413. The molecule has 70 valence electrons. The van der Waals surface area contributed by atoms with Crippen molar-refractivity contribution in [2.45, 2.75) is 26.8 Å². The molecule has 0 atom stereocenters. The number of rotatable bonds is 3. The van der Waals surface area contributed by atoms with Gasteiger partial charge in [-0.1, -0.05) is 5.92 Å². The molecule has 0 rings (SSSR count). The number of sulfonamides is 1. The van der Waals surface area contributed by atoms with Gasteiger partial charge < -0.3 is 0 Å². The van der Waals surface area contributed by atoms with E-state index in [1.165, 1.54) is 4.31 Å². The molecule has 0 N–H and O–H groups in total. The summed E-state index contributed by atoms with van der Waals surface area (Å²) in [6.07, 6.45) is 0. The summed E-state index contributed by atoms with van der Waals surface area (Å²) in [6, 6.07) is -0.00587. The van der Waals surface area contributed by atoms with Crippen molar-refractivity contribution in [3.63, 3.8) is 0 Å². The van der Waals surface area contributed by atoms with Gasteiger partial charge in [-0.2, -0.15) is 0 Å². The van der Waals surface area contributed by atoms with E-state index in [9.17, 15) is 8.42 Å². The van der Waals surface area contributed by atoms with Crippen LogP contribution in [-0.2, 0) is 10.0 Å². The van der Waals surface area contributed by atoms with Crippen LogP contribution in [0.3, 0.4) is 0 Å². The van der Waals surface area contributed by atoms with E-state index in [-0.39, 0.29) is 11.8 Å². The van der Waals surface area contributed by atoms with Crippen LogP contribution in [0.15, 0.2) is 0 Å². The molecular formula is C8H15NO2S. The van der Waals surface area contributed by atoms with Crippen molar-refractivity contribution in [1.82, 2.24) is 4.31 Å². The van der Waals surface area contributed by atoms with E-state index in [1.807, 2.05) is 13.8 Å². The van der Waals surface area contributed by atoms with Crippen molar-refractivity contribution in [3.8, 4) is 11.8 Å². The second kappa shape index (κ2) is 4.48. The molecular weight excluding hydrogens is 174 g/mol. The third-order valence-corrected chi connectivity index (χ3v) is 3.41. The van der Waals surface area contributed by atoms with Crippen molar-refractivity contribution in [3.05, 3.63) is 0 Å². The van der Waals surface area contributed by atoms with Gasteiger partial charge in [0.15, 0.2) is 0 Å². The van der Waals surface area contributed by atoms with Crippen LogP contribution in [0.25, 0.3) is 0 Å². The van der Waals surface area contributed by atoms with Gasteiger partial charge in [-0.25, -0.2) is 12.7 Å². The Labute approximate surface area is 74.8 Å². The number of hydrogen-bond acceptors (Lipinski definition) is 2. The average molecular weight is 189 g/mol. The van der Waals surface area contributed by atoms with E-state index >= 15 is 0 Å². The van der Waals surface area contributed by atoms with Crippen LogP contribution in [0.4, 0.5) is 0 Å². The topological polar surface area (TPSA) is 37.4 Å². The summed E-state index contributed by atoms with van der Waals surface area (Å²) in [6.45, 7) is 5.29. The molecule has 0 bridgehead atoms. The molecule has 3 nitrogen and oxygen atoms in total. The fraction of sp³-hybridized carbons (Fsp3) is 0.750. The largest absolute Gasteiger partial charge is 0.225 e. The van der Waals surface area contributed by atoms with Crippen molar-refractivity contribution < 1.29 is 8.42 Å². The molecule has 0 fully saturated rings. The van der Waals surface area contributed by atoms with Gasteiger partial charge in [0.05, 0.1) is 0 Å². The summed E-state index contributed by atoms with van der Waals surface area (Å²) in [5.41, 5.74) is 0. The van der Waals surface area contributed by atoms with E-state index in [4.69, 9.17) is 0 Å². The summed E-state index contributed by atoms with van der Waals surface area (Å²) in [4.78, 5) is 0. The fourth-order valence-electron chi connectivity index (χ4n) is 0.586. The van der Waals surface area contributed by atoms with Crippen molar-refractivity contribution in [1.29, 1.82) is 0 Å². The molecule has 0 saturated carbocycles. The van der Waals surface area contributed by atoms with Crippen molar-refractivity contribution in [2.75, 3.05) is 12.8 Å². The molecule has 0 aromatic heterocycles. The zero-order valence-corrected chi connectivity index (χ0v) is 8.77. The predicted octanol–water partition coefficient (Wildman–Crippen LogP) is 0.680. The Morgan fingerprint density at radius 1 is 1.42 bits per heavy atom. The molecule has 0 aromatic carbocycles. The Morgan fingerprint density at radius 2 is 1.92 bits per heavy atom. The Bertz CT molecular complexity index is 282. The quantitative estimate of drug-likeness (QED) is 0.612. The first-order chi connectivity index (χ1) is 5.41. The van der Waals surface area contributed by atoms with Crippen LogP contribution < -0.4 is 0 Å². The lowest BCUT2D eigenvalue weighted by Gasteiger charge is -2.19. The molecule has 0 amide bonds. The van der Waals surface area contributed by atoms with Gasteiger partial charge >= 0.3 is 0 Å². The van der Waals surface area contributed by atoms with Crippen LogP contribution in [0.1, 0.15) is 20.8 Å². The molecule has 0 heterocycles. The second-order valence-corrected chi connectivity index (χ2v) is 4.82. The highest BCUT2D eigenvalue weighted by Crippen LogP contribution is 2.02. The minimum absolute atomic E-state index is 0.00587. The summed E-state index contributed by atoms with van der Waals surface area (Å²) in [5.74, 6) is 5.02. The Kier molecular flexibility index (Phi) is 4.29. The maximum atomic E-state index is 11.4. The minimum Gasteiger partial charge on any atom is -0.211 e. The first-order valence-corrected chi connectivity index (χ1v) is 5.38. The average Bonchev–Trinajstić information content (AvgIpc) is 1.99. The van der Waals surface area contributed by atoms with E-state index in [2.05, 4.69) is 11.8 Å². The van der Waals surface area contributed by atoms with E-state index < -0.39 is 10.0 Å². The van der Waals surface area contributed by atoms with E-state index in [0.29, 0.717) is 0 Å². The van der Waals surface area contributed by atoms with Gasteiger partial charge in [0, 0.05) is 13.1 Å². The summed E-state index contributed by atoms with van der Waals surface area (Å²) in [5, 5.41) is 0. The second-order valence-electron chi connectivity index (χ2n) is 2.79. The lowest BCUT2D eigenvalue weighted by Crippen LogP contribution is -2.34. The highest BCUT2D eigenvalue weighted by atomic mass is 32.2. The predicted molar refractivity (Wildman–Crippen MR) is 50.1 cm³/mol. The van der Waals surface area contributed by atoms with Crippen LogP contribution in [0.2, 0.25) is 0 Å². The number of hydrogen-bond donors (Lipinski definition) is 0. The zero-order chi connectivity index (χ0) is 9.78. The van der Waals surface area contributed by atoms with Crippen LogP contribution in [0, 0.1) is 11.8 Å². The maximum Gasteiger partial charge on any atom is 0.225 e. The molecule has 0 aliphatic heterocycles. The maximum absolute atomic E-state index is 11.4. The Balaban J connectivity index is 4.48. The van der Waals surface area contributed by atoms with Crippen LogP contribution >= 0.6 is 0 Å². The smallest absolute Gasteiger partial charge is 0.211 e. The first kappa shape index (κ1) is 11.5. The van der Waals surface area contributed by atoms with Gasteiger partial charge in [-0.3, -0.25) is 0 Å². The molecule has 0 radical (unpaired) electrons. The Morgan fingerprint density at radius 3 is 2.25 bits per heavy atom. The molecule has 0 aromatic rings. The standard InChI is InChI=1S/C8H15NO2S/c1-5-6-7-12(10,11)9(4)8(2)3/h8H,7H2,1-4H3. The highest BCUT2D eigenvalue weighted by Gasteiger charge is 2.18. The SMILES string of the molecule is CC#CCS(=O)(=O)N(C)C(C)C. The molecule has 0 spiro atoms. The molecule has 0 aliphatic carbocycles. The summed E-state index contributed by atoms with van der Waals surface area (Å²) >= 11 is 0. The van der Waals surface area contributed by atoms with Crippen LogP contribution in [0.5, 0.6) is 0 Å². The Hall–Kier alpha value is -0.530. The fourth-order valence-corrected chi connectivity index (χ4v) is 1.76. The third-order valence-electron chi connectivity index (χ3n) is 1.60. The highest BCUT2D eigenvalue weighted by molar-refractivity contribution is 7.89. The zero-order valence-electron chi connectivity index (χ0n) is 7.96. The number of nitrogens with zero attached hydrogens (tertiary/aromatic N) is 1. The third kappa shape index (κ3) is 3.24. The van der Waals surface area contributed by atoms with E-state index in [0.717, 1.165) is 0 Å². The van der Waals surface area contributed by atoms with Crippen molar-refractivity contribution in [2.24, 2.45) is 0 Å². The monoisotopic (exact) mass is 189 g/mol. The normalized spacial score (nSPS) is 11.5. The van der Waals surface area contributed by atoms with Crippen LogP contribution in [-0.4, -0.2) is 31.6 Å².